The molecule has 0 unspecified atom stereocenters. The van der Waals surface area contributed by atoms with Crippen molar-refractivity contribution in [2.75, 3.05) is 15.9 Å². The van der Waals surface area contributed by atoms with E-state index in [0.717, 1.165) is 20.4 Å². The number of sulfonamides is 1. The number of benzene rings is 4. The van der Waals surface area contributed by atoms with Gasteiger partial charge in [-0.15, -0.1) is 0 Å². The van der Waals surface area contributed by atoms with Gasteiger partial charge in [0.1, 0.15) is 17.5 Å². The van der Waals surface area contributed by atoms with Gasteiger partial charge in [-0.05, 0) is 67.6 Å². The number of hydrogen-bond donors (Lipinski definition) is 1. The molecule has 184 valence electrons. The highest BCUT2D eigenvalue weighted by Gasteiger charge is 2.29. The standard InChI is InChI=1S/C28H26N2O4S2/c1-21(28(31)29-26-15-9-10-16-27(26)35-25-13-7-4-8-14-25)30(36(2,32)33)22-17-19-24(20-18-22)34-23-11-5-3-6-12-23/h3-21H,1-2H3,(H,29,31)/t21-/m0/s1. The first-order chi connectivity index (χ1) is 17.3. The molecule has 0 aliphatic heterocycles. The van der Waals surface area contributed by atoms with Crippen molar-refractivity contribution in [3.05, 3.63) is 109 Å². The Labute approximate surface area is 216 Å². The predicted molar refractivity (Wildman–Crippen MR) is 145 cm³/mol. The van der Waals surface area contributed by atoms with Gasteiger partial charge in [-0.25, -0.2) is 8.42 Å². The van der Waals surface area contributed by atoms with E-state index in [2.05, 4.69) is 5.32 Å². The second-order valence-electron chi connectivity index (χ2n) is 8.04. The Bertz CT molecular complexity index is 1410. The summed E-state index contributed by atoms with van der Waals surface area (Å²) in [5.41, 5.74) is 0.982. The number of para-hydroxylation sites is 2. The molecule has 4 aromatic carbocycles. The summed E-state index contributed by atoms with van der Waals surface area (Å²) in [6.45, 7) is 1.57. The van der Waals surface area contributed by atoms with E-state index < -0.39 is 22.0 Å². The lowest BCUT2D eigenvalue weighted by Crippen LogP contribution is -2.45. The zero-order chi connectivity index (χ0) is 25.5. The van der Waals surface area contributed by atoms with Crippen molar-refractivity contribution in [3.8, 4) is 11.5 Å². The fraction of sp³-hybridized carbons (Fsp3) is 0.107. The predicted octanol–water partition coefficient (Wildman–Crippen LogP) is 6.42. The van der Waals surface area contributed by atoms with E-state index in [1.165, 1.54) is 11.8 Å². The zero-order valence-electron chi connectivity index (χ0n) is 19.9. The number of nitrogens with one attached hydrogen (secondary N) is 1. The SMILES string of the molecule is C[C@@H](C(=O)Nc1ccccc1Sc1ccccc1)N(c1ccc(Oc2ccccc2)cc1)S(C)(=O)=O. The molecular formula is C28H26N2O4S2. The number of nitrogens with zero attached hydrogens (tertiary/aromatic N) is 1. The molecule has 0 aliphatic rings. The molecule has 0 bridgehead atoms. The van der Waals surface area contributed by atoms with E-state index in [4.69, 9.17) is 4.74 Å². The first-order valence-corrected chi connectivity index (χ1v) is 13.9. The highest BCUT2D eigenvalue weighted by atomic mass is 32.2. The van der Waals surface area contributed by atoms with Crippen molar-refractivity contribution in [1.29, 1.82) is 0 Å². The van der Waals surface area contributed by atoms with Gasteiger partial charge in [-0.3, -0.25) is 9.10 Å². The Morgan fingerprint density at radius 1 is 0.806 bits per heavy atom. The fourth-order valence-electron chi connectivity index (χ4n) is 3.61. The molecule has 0 aromatic heterocycles. The van der Waals surface area contributed by atoms with Crippen molar-refractivity contribution in [2.24, 2.45) is 0 Å². The highest BCUT2D eigenvalue weighted by Crippen LogP contribution is 2.34. The number of amides is 1. The van der Waals surface area contributed by atoms with Gasteiger partial charge >= 0.3 is 0 Å². The van der Waals surface area contributed by atoms with Crippen LogP contribution in [0.3, 0.4) is 0 Å². The smallest absolute Gasteiger partial charge is 0.248 e. The van der Waals surface area contributed by atoms with Crippen LogP contribution in [0.1, 0.15) is 6.92 Å². The van der Waals surface area contributed by atoms with Crippen LogP contribution in [-0.2, 0) is 14.8 Å². The Morgan fingerprint density at radius 2 is 1.36 bits per heavy atom. The molecule has 4 aromatic rings. The van der Waals surface area contributed by atoms with Gasteiger partial charge in [0, 0.05) is 9.79 Å². The lowest BCUT2D eigenvalue weighted by Gasteiger charge is -2.28. The van der Waals surface area contributed by atoms with Crippen LogP contribution in [0.2, 0.25) is 0 Å². The minimum absolute atomic E-state index is 0.368. The maximum absolute atomic E-state index is 13.2. The molecule has 0 fully saturated rings. The fourth-order valence-corrected chi connectivity index (χ4v) is 5.70. The Kier molecular flexibility index (Phi) is 7.97. The molecule has 0 spiro atoms. The Hall–Kier alpha value is -3.75. The topological polar surface area (TPSA) is 75.7 Å². The summed E-state index contributed by atoms with van der Waals surface area (Å²) in [5, 5.41) is 2.91. The van der Waals surface area contributed by atoms with Crippen LogP contribution >= 0.6 is 11.8 Å². The molecule has 1 atom stereocenters. The van der Waals surface area contributed by atoms with Gasteiger partial charge in [0.15, 0.2) is 0 Å². The molecule has 0 saturated heterocycles. The molecular weight excluding hydrogens is 492 g/mol. The van der Waals surface area contributed by atoms with E-state index >= 15 is 0 Å². The summed E-state index contributed by atoms with van der Waals surface area (Å²) in [4.78, 5) is 15.1. The highest BCUT2D eigenvalue weighted by molar-refractivity contribution is 7.99. The van der Waals surface area contributed by atoms with Crippen LogP contribution in [0.5, 0.6) is 11.5 Å². The van der Waals surface area contributed by atoms with E-state index in [9.17, 15) is 13.2 Å². The molecule has 1 amide bonds. The summed E-state index contributed by atoms with van der Waals surface area (Å²) in [6, 6.07) is 32.2. The van der Waals surface area contributed by atoms with Crippen molar-refractivity contribution in [2.45, 2.75) is 22.8 Å². The Balaban J connectivity index is 1.53. The normalized spacial score (nSPS) is 11.9. The summed E-state index contributed by atoms with van der Waals surface area (Å²) in [5.74, 6) is 0.790. The van der Waals surface area contributed by atoms with Crippen LogP contribution in [0.4, 0.5) is 11.4 Å². The average molecular weight is 519 g/mol. The molecule has 0 heterocycles. The average Bonchev–Trinajstić information content (AvgIpc) is 2.87. The van der Waals surface area contributed by atoms with E-state index in [1.807, 2.05) is 78.9 Å². The largest absolute Gasteiger partial charge is 0.457 e. The van der Waals surface area contributed by atoms with Crippen molar-refractivity contribution < 1.29 is 17.9 Å². The molecule has 8 heteroatoms. The van der Waals surface area contributed by atoms with E-state index in [0.29, 0.717) is 22.9 Å². The lowest BCUT2D eigenvalue weighted by molar-refractivity contribution is -0.116. The number of carbonyl (C=O) groups excluding carboxylic acids is 1. The number of carbonyl (C=O) groups is 1. The molecule has 4 rings (SSSR count). The summed E-state index contributed by atoms with van der Waals surface area (Å²) in [6.07, 6.45) is 1.09. The maximum Gasteiger partial charge on any atom is 0.248 e. The molecule has 0 aliphatic carbocycles. The van der Waals surface area contributed by atoms with Gasteiger partial charge in [0.05, 0.1) is 17.6 Å². The van der Waals surface area contributed by atoms with Gasteiger partial charge < -0.3 is 10.1 Å². The summed E-state index contributed by atoms with van der Waals surface area (Å²) < 4.78 is 32.4. The van der Waals surface area contributed by atoms with Crippen molar-refractivity contribution >= 4 is 39.1 Å². The minimum atomic E-state index is -3.76. The third kappa shape index (κ3) is 6.47. The molecule has 1 N–H and O–H groups in total. The zero-order valence-corrected chi connectivity index (χ0v) is 21.5. The molecule has 36 heavy (non-hydrogen) atoms. The van der Waals surface area contributed by atoms with Crippen molar-refractivity contribution in [3.63, 3.8) is 0 Å². The minimum Gasteiger partial charge on any atom is -0.457 e. The summed E-state index contributed by atoms with van der Waals surface area (Å²) in [7, 11) is -3.76. The van der Waals surface area contributed by atoms with E-state index in [1.54, 1.807) is 37.3 Å². The number of anilines is 2. The van der Waals surface area contributed by atoms with Gasteiger partial charge in [-0.2, -0.15) is 0 Å². The third-order valence-corrected chi connectivity index (χ3v) is 7.60. The first-order valence-electron chi connectivity index (χ1n) is 11.3. The molecule has 0 radical (unpaired) electrons. The van der Waals surface area contributed by atoms with Gasteiger partial charge in [0.25, 0.3) is 0 Å². The molecule has 6 nitrogen and oxygen atoms in total. The summed E-state index contributed by atoms with van der Waals surface area (Å²) >= 11 is 1.52. The second-order valence-corrected chi connectivity index (χ2v) is 11.0. The van der Waals surface area contributed by atoms with Crippen LogP contribution in [-0.4, -0.2) is 26.6 Å². The Morgan fingerprint density at radius 3 is 2.00 bits per heavy atom. The first kappa shape index (κ1) is 25.3. The third-order valence-electron chi connectivity index (χ3n) is 5.27. The quantitative estimate of drug-likeness (QED) is 0.277. The number of hydrogen-bond acceptors (Lipinski definition) is 5. The maximum atomic E-state index is 13.2. The van der Waals surface area contributed by atoms with Crippen LogP contribution in [0, 0.1) is 0 Å². The van der Waals surface area contributed by atoms with Crippen LogP contribution in [0.25, 0.3) is 0 Å². The lowest BCUT2D eigenvalue weighted by atomic mass is 10.2. The van der Waals surface area contributed by atoms with Gasteiger partial charge in [-0.1, -0.05) is 60.3 Å². The van der Waals surface area contributed by atoms with Crippen molar-refractivity contribution in [1.82, 2.24) is 0 Å². The van der Waals surface area contributed by atoms with Gasteiger partial charge in [0.2, 0.25) is 15.9 Å². The number of ether oxygens (including phenoxy) is 1. The monoisotopic (exact) mass is 518 g/mol. The van der Waals surface area contributed by atoms with Crippen LogP contribution < -0.4 is 14.4 Å². The molecule has 0 saturated carbocycles. The van der Waals surface area contributed by atoms with E-state index in [-0.39, 0.29) is 0 Å². The second kappa shape index (κ2) is 11.3. The van der Waals surface area contributed by atoms with Crippen LogP contribution in [0.15, 0.2) is 119 Å². The number of rotatable bonds is 9.